The summed E-state index contributed by atoms with van der Waals surface area (Å²) in [5.74, 6) is 2.20. The van der Waals surface area contributed by atoms with Crippen LogP contribution in [0.4, 0.5) is 17.1 Å². The fourth-order valence-electron chi connectivity index (χ4n) is 7.95. The van der Waals surface area contributed by atoms with Crippen LogP contribution in [0.2, 0.25) is 0 Å². The highest BCUT2D eigenvalue weighted by atomic mass is 16.5. The summed E-state index contributed by atoms with van der Waals surface area (Å²) < 4.78 is 29.0. The van der Waals surface area contributed by atoms with Gasteiger partial charge in [-0.05, 0) is 85.4 Å². The number of allylic oxidation sites excluding steroid dienone is 2. The van der Waals surface area contributed by atoms with Crippen LogP contribution in [0, 0.1) is 11.8 Å². The molecule has 1 N–H and O–H groups in total. The van der Waals surface area contributed by atoms with E-state index in [-0.39, 0.29) is 35.1 Å². The van der Waals surface area contributed by atoms with Gasteiger partial charge >= 0.3 is 0 Å². The predicted molar refractivity (Wildman–Crippen MR) is 232 cm³/mol. The molecule has 4 aromatic carbocycles. The molecule has 1 aliphatic carbocycles. The Kier molecular flexibility index (Phi) is 11.0. The number of hydrogen-bond acceptors (Lipinski definition) is 10. The Balaban J connectivity index is 0.892. The van der Waals surface area contributed by atoms with Crippen molar-refractivity contribution in [2.75, 3.05) is 39.9 Å². The Labute approximate surface area is 345 Å². The van der Waals surface area contributed by atoms with Gasteiger partial charge in [-0.3, -0.25) is 19.6 Å². The molecule has 11 nitrogen and oxygen atoms in total. The molecule has 0 radical (unpaired) electrons. The van der Waals surface area contributed by atoms with Crippen LogP contribution >= 0.6 is 0 Å². The summed E-state index contributed by atoms with van der Waals surface area (Å²) in [5.41, 5.74) is 7.50. The SMILES string of the molecule is CCC(C)(C)Nc1ccc(C2=CC3C(=O)c4cc(OC)c(OCCCOc5cc6c(cc5OC)C(=O)N5C=C(c7ccc(OC)cc7)C[C@H]5C=N6)cc4N=C[C@@H]3C2)cc1. The van der Waals surface area contributed by atoms with Gasteiger partial charge in [0.1, 0.15) is 5.75 Å². The van der Waals surface area contributed by atoms with Gasteiger partial charge in [0, 0.05) is 72.2 Å². The van der Waals surface area contributed by atoms with E-state index in [9.17, 15) is 9.59 Å². The number of methoxy groups -OCH3 is 3. The minimum atomic E-state index is -0.304. The van der Waals surface area contributed by atoms with Gasteiger partial charge in [-0.1, -0.05) is 37.3 Å². The summed E-state index contributed by atoms with van der Waals surface area (Å²) in [6.07, 6.45) is 10.7. The van der Waals surface area contributed by atoms with E-state index in [4.69, 9.17) is 33.7 Å². The molecular formula is C48H50N4O7. The molecule has 304 valence electrons. The fraction of sp³-hybridized carbons (Fsp3) is 0.333. The first-order valence-corrected chi connectivity index (χ1v) is 20.2. The van der Waals surface area contributed by atoms with Crippen molar-refractivity contribution >= 4 is 52.3 Å². The van der Waals surface area contributed by atoms with E-state index < -0.39 is 0 Å². The average molecular weight is 795 g/mol. The first-order valence-electron chi connectivity index (χ1n) is 20.2. The van der Waals surface area contributed by atoms with E-state index in [0.717, 1.165) is 46.6 Å². The normalized spacial score (nSPS) is 19.1. The molecule has 0 saturated heterocycles. The maximum atomic E-state index is 14.0. The van der Waals surface area contributed by atoms with Crippen molar-refractivity contribution in [3.63, 3.8) is 0 Å². The number of Topliss-reactive ketones (excluding diaryl/α,β-unsaturated/α-hetero) is 1. The van der Waals surface area contributed by atoms with Gasteiger partial charge in [0.2, 0.25) is 0 Å². The standard InChI is InChI=1S/C48H50N4O7/c1-7-48(2,3)51-34-13-9-29(10-14-34)31-19-32-26-49-40-24-44(42(56-5)22-38(40)46(53)37(32)21-31)58-17-8-18-59-45-25-41-39(23-43(45)57-6)47(54)52-28-33(20-35(52)27-50-41)30-11-15-36(55-4)16-12-30/h9-16,21-28,32,35,37,51H,7-8,17-20H2,1-6H3/t32-,35-,37?/m0/s1. The molecule has 0 fully saturated rings. The third kappa shape index (κ3) is 8.06. The van der Waals surface area contributed by atoms with Gasteiger partial charge in [0.15, 0.2) is 28.8 Å². The number of fused-ring (bicyclic) bond motifs is 4. The minimum absolute atomic E-state index is 0.0128. The summed E-state index contributed by atoms with van der Waals surface area (Å²) in [6, 6.07) is 23.1. The third-order valence-corrected chi connectivity index (χ3v) is 11.7. The number of hydrogen-bond donors (Lipinski definition) is 1. The lowest BCUT2D eigenvalue weighted by Crippen LogP contribution is -2.32. The van der Waals surface area contributed by atoms with Gasteiger partial charge in [0.25, 0.3) is 5.91 Å². The van der Waals surface area contributed by atoms with Crippen LogP contribution in [0.1, 0.15) is 78.3 Å². The molecule has 59 heavy (non-hydrogen) atoms. The Hall–Kier alpha value is -6.36. The van der Waals surface area contributed by atoms with Gasteiger partial charge in [0.05, 0.1) is 57.5 Å². The quantitative estimate of drug-likeness (QED) is 0.125. The Bertz CT molecular complexity index is 2380. The first kappa shape index (κ1) is 39.5. The maximum absolute atomic E-state index is 14.0. The molecule has 1 amide bonds. The van der Waals surface area contributed by atoms with E-state index in [2.05, 4.69) is 56.4 Å². The summed E-state index contributed by atoms with van der Waals surface area (Å²) in [5, 5.41) is 3.59. The van der Waals surface area contributed by atoms with Crippen molar-refractivity contribution < 1.29 is 33.3 Å². The number of benzene rings is 4. The monoisotopic (exact) mass is 794 g/mol. The molecule has 4 aliphatic rings. The number of ether oxygens (including phenoxy) is 5. The maximum Gasteiger partial charge on any atom is 0.260 e. The van der Waals surface area contributed by atoms with Crippen LogP contribution < -0.4 is 29.0 Å². The molecule has 3 aliphatic heterocycles. The minimum Gasteiger partial charge on any atom is -0.497 e. The zero-order valence-electron chi connectivity index (χ0n) is 34.4. The average Bonchev–Trinajstić information content (AvgIpc) is 3.83. The second kappa shape index (κ2) is 16.5. The van der Waals surface area contributed by atoms with E-state index in [0.29, 0.717) is 71.6 Å². The Morgan fingerprint density at radius 2 is 1.34 bits per heavy atom. The predicted octanol–water partition coefficient (Wildman–Crippen LogP) is 9.75. The topological polar surface area (TPSA) is 120 Å². The van der Waals surface area contributed by atoms with E-state index in [1.807, 2.05) is 42.9 Å². The first-order chi connectivity index (χ1) is 28.6. The van der Waals surface area contributed by atoms with Crippen LogP contribution in [0.15, 0.2) is 95.1 Å². The van der Waals surface area contributed by atoms with Crippen molar-refractivity contribution in [3.05, 3.63) is 107 Å². The summed E-state index contributed by atoms with van der Waals surface area (Å²) >= 11 is 0. The number of nitrogens with zero attached hydrogens (tertiary/aromatic N) is 3. The number of amides is 1. The number of ketones is 1. The van der Waals surface area contributed by atoms with E-state index >= 15 is 0 Å². The second-order valence-corrected chi connectivity index (χ2v) is 15.9. The van der Waals surface area contributed by atoms with Crippen LogP contribution in [0.3, 0.4) is 0 Å². The van der Waals surface area contributed by atoms with Gasteiger partial charge in [-0.15, -0.1) is 0 Å². The molecular weight excluding hydrogens is 745 g/mol. The second-order valence-electron chi connectivity index (χ2n) is 15.9. The van der Waals surface area contributed by atoms with Gasteiger partial charge < -0.3 is 33.9 Å². The van der Waals surface area contributed by atoms with Crippen molar-refractivity contribution in [2.24, 2.45) is 21.8 Å². The summed E-state index contributed by atoms with van der Waals surface area (Å²) in [7, 11) is 4.75. The molecule has 3 atom stereocenters. The highest BCUT2D eigenvalue weighted by molar-refractivity contribution is 6.08. The Morgan fingerprint density at radius 3 is 1.98 bits per heavy atom. The smallest absolute Gasteiger partial charge is 0.260 e. The van der Waals surface area contributed by atoms with Crippen molar-refractivity contribution in [1.29, 1.82) is 0 Å². The van der Waals surface area contributed by atoms with Crippen LogP contribution in [-0.2, 0) is 0 Å². The molecule has 11 heteroatoms. The molecule has 8 rings (SSSR count). The van der Waals surface area contributed by atoms with Gasteiger partial charge in [-0.2, -0.15) is 0 Å². The Morgan fingerprint density at radius 1 is 0.729 bits per heavy atom. The zero-order chi connectivity index (χ0) is 41.3. The van der Waals surface area contributed by atoms with Crippen LogP contribution in [-0.4, -0.2) is 75.1 Å². The molecule has 0 spiro atoms. The summed E-state index contributed by atoms with van der Waals surface area (Å²) in [4.78, 5) is 39.0. The number of carbonyl (C=O) groups is 2. The number of aliphatic imine (C=N–C) groups is 2. The molecule has 1 unspecified atom stereocenters. The van der Waals surface area contributed by atoms with E-state index in [1.54, 1.807) is 50.5 Å². The number of carbonyl (C=O) groups excluding carboxylic acids is 2. The van der Waals surface area contributed by atoms with Crippen molar-refractivity contribution in [2.45, 2.75) is 58.0 Å². The number of anilines is 1. The van der Waals surface area contributed by atoms with Gasteiger partial charge in [-0.25, -0.2) is 0 Å². The van der Waals surface area contributed by atoms with Crippen molar-refractivity contribution in [3.8, 4) is 28.7 Å². The molecule has 0 saturated carbocycles. The largest absolute Gasteiger partial charge is 0.497 e. The molecule has 3 heterocycles. The highest BCUT2D eigenvalue weighted by Gasteiger charge is 2.37. The van der Waals surface area contributed by atoms with Crippen LogP contribution in [0.5, 0.6) is 28.7 Å². The number of nitrogens with one attached hydrogen (secondary N) is 1. The van der Waals surface area contributed by atoms with Crippen molar-refractivity contribution in [1.82, 2.24) is 4.90 Å². The summed E-state index contributed by atoms with van der Waals surface area (Å²) in [6.45, 7) is 7.18. The number of rotatable bonds is 14. The highest BCUT2D eigenvalue weighted by Crippen LogP contribution is 2.44. The lowest BCUT2D eigenvalue weighted by atomic mass is 9.89. The van der Waals surface area contributed by atoms with Crippen LogP contribution in [0.25, 0.3) is 11.1 Å². The van der Waals surface area contributed by atoms with E-state index in [1.165, 1.54) is 0 Å². The fourth-order valence-corrected chi connectivity index (χ4v) is 7.95. The zero-order valence-corrected chi connectivity index (χ0v) is 34.4. The third-order valence-electron chi connectivity index (χ3n) is 11.7. The molecule has 4 aromatic rings. The lowest BCUT2D eigenvalue weighted by molar-refractivity contribution is 0.0817. The molecule has 0 aromatic heterocycles. The molecule has 0 bridgehead atoms. The lowest BCUT2D eigenvalue weighted by Gasteiger charge is -2.26.